The highest BCUT2D eigenvalue weighted by atomic mass is 32.2. The Morgan fingerprint density at radius 3 is 2.33 bits per heavy atom. The molecule has 0 aliphatic rings. The smallest absolute Gasteiger partial charge is 0.242 e. The highest BCUT2D eigenvalue weighted by Gasteiger charge is 2.21. The number of nitrogens with one attached hydrogen (secondary N) is 1. The van der Waals surface area contributed by atoms with E-state index in [-0.39, 0.29) is 24.0 Å². The molecule has 0 spiro atoms. The molecular formula is C15H30N2O3S. The summed E-state index contributed by atoms with van der Waals surface area (Å²) in [5.74, 6) is 0.0805. The summed E-state index contributed by atoms with van der Waals surface area (Å²) < 4.78 is 26.3. The van der Waals surface area contributed by atoms with Crippen LogP contribution >= 0.6 is 0 Å². The van der Waals surface area contributed by atoms with E-state index in [2.05, 4.69) is 9.71 Å². The molecule has 1 rings (SSSR count). The van der Waals surface area contributed by atoms with Gasteiger partial charge in [-0.25, -0.2) is 13.1 Å². The SMILES string of the molecule is CC.CC.CCC(C)c1ncccc1S(=O)(=O)NCCO. The molecule has 0 radical (unpaired) electrons. The average Bonchev–Trinajstić information content (AvgIpc) is 2.56. The maximum Gasteiger partial charge on any atom is 0.242 e. The van der Waals surface area contributed by atoms with E-state index < -0.39 is 10.0 Å². The number of rotatable bonds is 6. The van der Waals surface area contributed by atoms with Crippen molar-refractivity contribution in [3.63, 3.8) is 0 Å². The van der Waals surface area contributed by atoms with Crippen molar-refractivity contribution in [2.24, 2.45) is 0 Å². The zero-order chi connectivity index (χ0) is 16.9. The average molecular weight is 318 g/mol. The molecule has 0 amide bonds. The van der Waals surface area contributed by atoms with Crippen LogP contribution in [0.3, 0.4) is 0 Å². The van der Waals surface area contributed by atoms with Crippen LogP contribution in [0, 0.1) is 0 Å². The maximum absolute atomic E-state index is 12.0. The summed E-state index contributed by atoms with van der Waals surface area (Å²) in [4.78, 5) is 4.34. The molecule has 1 aromatic heterocycles. The first-order valence-corrected chi connectivity index (χ1v) is 9.06. The predicted molar refractivity (Wildman–Crippen MR) is 87.9 cm³/mol. The highest BCUT2D eigenvalue weighted by molar-refractivity contribution is 7.89. The Bertz CT molecular complexity index is 462. The van der Waals surface area contributed by atoms with E-state index in [1.165, 1.54) is 6.07 Å². The van der Waals surface area contributed by atoms with Gasteiger partial charge >= 0.3 is 0 Å². The fraction of sp³-hybridized carbons (Fsp3) is 0.667. The molecule has 0 bridgehead atoms. The number of nitrogens with zero attached hydrogens (tertiary/aromatic N) is 1. The van der Waals surface area contributed by atoms with Crippen molar-refractivity contribution in [1.29, 1.82) is 0 Å². The molecule has 0 aromatic carbocycles. The molecule has 0 saturated heterocycles. The number of aliphatic hydroxyl groups excluding tert-OH is 1. The van der Waals surface area contributed by atoms with E-state index >= 15 is 0 Å². The Morgan fingerprint density at radius 2 is 1.86 bits per heavy atom. The lowest BCUT2D eigenvalue weighted by atomic mass is 10.0. The second-order valence-corrected chi connectivity index (χ2v) is 5.55. The van der Waals surface area contributed by atoms with Crippen LogP contribution in [0.15, 0.2) is 23.2 Å². The Labute approximate surface area is 129 Å². The van der Waals surface area contributed by atoms with E-state index in [4.69, 9.17) is 5.11 Å². The van der Waals surface area contributed by atoms with Crippen LogP contribution in [0.25, 0.3) is 0 Å². The normalized spacial score (nSPS) is 11.6. The fourth-order valence-electron chi connectivity index (χ4n) is 1.45. The molecule has 5 nitrogen and oxygen atoms in total. The van der Waals surface area contributed by atoms with E-state index in [9.17, 15) is 8.42 Å². The fourth-order valence-corrected chi connectivity index (χ4v) is 2.75. The van der Waals surface area contributed by atoms with Crippen LogP contribution in [0.4, 0.5) is 0 Å². The molecule has 6 heteroatoms. The monoisotopic (exact) mass is 318 g/mol. The summed E-state index contributed by atoms with van der Waals surface area (Å²) in [7, 11) is -3.58. The van der Waals surface area contributed by atoms with Crippen molar-refractivity contribution in [2.75, 3.05) is 13.2 Å². The lowest BCUT2D eigenvalue weighted by Gasteiger charge is -2.13. The molecule has 0 fully saturated rings. The molecule has 21 heavy (non-hydrogen) atoms. The number of pyridine rings is 1. The lowest BCUT2D eigenvalue weighted by molar-refractivity contribution is 0.301. The van der Waals surface area contributed by atoms with E-state index in [1.807, 2.05) is 41.5 Å². The van der Waals surface area contributed by atoms with Gasteiger partial charge in [-0.2, -0.15) is 0 Å². The molecule has 124 valence electrons. The van der Waals surface area contributed by atoms with Crippen molar-refractivity contribution in [3.05, 3.63) is 24.0 Å². The van der Waals surface area contributed by atoms with Crippen molar-refractivity contribution in [2.45, 2.75) is 58.8 Å². The zero-order valence-electron chi connectivity index (χ0n) is 14.0. The Hall–Kier alpha value is -0.980. The van der Waals surface area contributed by atoms with Crippen LogP contribution < -0.4 is 4.72 Å². The molecule has 1 heterocycles. The second-order valence-electron chi connectivity index (χ2n) is 3.82. The van der Waals surface area contributed by atoms with Gasteiger partial charge in [0.2, 0.25) is 10.0 Å². The van der Waals surface area contributed by atoms with E-state index in [0.29, 0.717) is 5.69 Å². The van der Waals surface area contributed by atoms with Gasteiger partial charge in [0, 0.05) is 12.7 Å². The number of hydrogen-bond acceptors (Lipinski definition) is 4. The van der Waals surface area contributed by atoms with Gasteiger partial charge in [-0.05, 0) is 24.5 Å². The summed E-state index contributed by atoms with van der Waals surface area (Å²) in [6, 6.07) is 3.13. The van der Waals surface area contributed by atoms with Gasteiger partial charge in [-0.3, -0.25) is 4.98 Å². The molecule has 0 saturated carbocycles. The van der Waals surface area contributed by atoms with E-state index in [0.717, 1.165) is 6.42 Å². The molecule has 1 atom stereocenters. The minimum absolute atomic E-state index is 0.0111. The zero-order valence-corrected chi connectivity index (χ0v) is 14.9. The lowest BCUT2D eigenvalue weighted by Crippen LogP contribution is -2.28. The van der Waals surface area contributed by atoms with Crippen LogP contribution in [0.5, 0.6) is 0 Å². The van der Waals surface area contributed by atoms with Gasteiger partial charge in [-0.15, -0.1) is 0 Å². The van der Waals surface area contributed by atoms with Gasteiger partial charge in [0.15, 0.2) is 0 Å². The van der Waals surface area contributed by atoms with Crippen LogP contribution in [-0.4, -0.2) is 31.7 Å². The standard InChI is InChI=1S/C11H18N2O3S.2C2H6/c1-3-9(2)11-10(5-4-6-12-11)17(15,16)13-7-8-14;2*1-2/h4-6,9,13-14H,3,7-8H2,1-2H3;2*1-2H3. The third-order valence-electron chi connectivity index (χ3n) is 2.57. The first-order valence-electron chi connectivity index (χ1n) is 7.58. The molecular weight excluding hydrogens is 288 g/mol. The number of sulfonamides is 1. The van der Waals surface area contributed by atoms with Gasteiger partial charge in [0.25, 0.3) is 0 Å². The minimum Gasteiger partial charge on any atom is -0.395 e. The van der Waals surface area contributed by atoms with Gasteiger partial charge in [0.1, 0.15) is 4.90 Å². The Kier molecular flexibility index (Phi) is 13.5. The summed E-state index contributed by atoms with van der Waals surface area (Å²) in [6.45, 7) is 11.7. The summed E-state index contributed by atoms with van der Waals surface area (Å²) in [6.07, 6.45) is 2.41. The molecule has 0 aliphatic heterocycles. The quantitative estimate of drug-likeness (QED) is 0.845. The molecule has 2 N–H and O–H groups in total. The maximum atomic E-state index is 12.0. The summed E-state index contributed by atoms with van der Waals surface area (Å²) in [5, 5.41) is 8.66. The number of aliphatic hydroxyl groups is 1. The van der Waals surface area contributed by atoms with Crippen molar-refractivity contribution in [1.82, 2.24) is 9.71 Å². The Balaban J connectivity index is 0. The molecule has 1 aromatic rings. The predicted octanol–water partition coefficient (Wildman–Crippen LogP) is 2.92. The third kappa shape index (κ3) is 7.55. The van der Waals surface area contributed by atoms with Crippen LogP contribution in [0.2, 0.25) is 0 Å². The van der Waals surface area contributed by atoms with E-state index in [1.54, 1.807) is 12.3 Å². The van der Waals surface area contributed by atoms with Crippen molar-refractivity contribution in [3.8, 4) is 0 Å². The number of aromatic nitrogens is 1. The second kappa shape index (κ2) is 12.7. The summed E-state index contributed by atoms with van der Waals surface area (Å²) >= 11 is 0. The molecule has 0 aliphatic carbocycles. The largest absolute Gasteiger partial charge is 0.395 e. The van der Waals surface area contributed by atoms with Gasteiger partial charge in [-0.1, -0.05) is 41.5 Å². The van der Waals surface area contributed by atoms with Crippen LogP contribution in [-0.2, 0) is 10.0 Å². The van der Waals surface area contributed by atoms with Crippen molar-refractivity contribution >= 4 is 10.0 Å². The summed E-state index contributed by atoms with van der Waals surface area (Å²) in [5.41, 5.74) is 0.570. The van der Waals surface area contributed by atoms with Gasteiger partial charge < -0.3 is 5.11 Å². The van der Waals surface area contributed by atoms with Crippen LogP contribution in [0.1, 0.15) is 59.6 Å². The topological polar surface area (TPSA) is 79.3 Å². The first kappa shape index (κ1) is 22.3. The first-order chi connectivity index (χ1) is 10.0. The minimum atomic E-state index is -3.58. The third-order valence-corrected chi connectivity index (χ3v) is 4.08. The Morgan fingerprint density at radius 1 is 1.29 bits per heavy atom. The van der Waals surface area contributed by atoms with Gasteiger partial charge in [0.05, 0.1) is 12.3 Å². The molecule has 1 unspecified atom stereocenters. The highest BCUT2D eigenvalue weighted by Crippen LogP contribution is 2.23. The van der Waals surface area contributed by atoms with Crippen molar-refractivity contribution < 1.29 is 13.5 Å². The number of hydrogen-bond donors (Lipinski definition) is 2.